The van der Waals surface area contributed by atoms with Gasteiger partial charge in [0.15, 0.2) is 5.65 Å². The second-order valence-electron chi connectivity index (χ2n) is 7.10. The number of hydrogen-bond acceptors (Lipinski definition) is 5. The summed E-state index contributed by atoms with van der Waals surface area (Å²) in [4.78, 5) is 15.4. The van der Waals surface area contributed by atoms with Gasteiger partial charge in [-0.25, -0.2) is 14.1 Å². The molecule has 0 radical (unpaired) electrons. The Labute approximate surface area is 194 Å². The van der Waals surface area contributed by atoms with Crippen molar-refractivity contribution in [1.29, 1.82) is 5.41 Å². The number of carbonyl (C=O) groups is 1. The minimum Gasteiger partial charge on any atom is -0.405 e. The van der Waals surface area contributed by atoms with Crippen LogP contribution in [0.15, 0.2) is 67.0 Å². The number of aromatic nitrogens is 3. The van der Waals surface area contributed by atoms with Crippen LogP contribution in [-0.4, -0.2) is 26.9 Å². The Bertz CT molecular complexity index is 1070. The largest absolute Gasteiger partial charge is 0.405 e. The van der Waals surface area contributed by atoms with Crippen LogP contribution in [0.2, 0.25) is 0 Å². The molecule has 0 aliphatic rings. The van der Waals surface area contributed by atoms with E-state index in [0.29, 0.717) is 24.3 Å². The molecule has 1 amide bonds. The fraction of sp³-hybridized carbons (Fsp3) is 0.280. The van der Waals surface area contributed by atoms with Crippen LogP contribution < -0.4 is 11.1 Å². The topological polar surface area (TPSA) is 110 Å². The fourth-order valence-electron chi connectivity index (χ4n) is 2.61. The van der Waals surface area contributed by atoms with E-state index in [9.17, 15) is 9.18 Å². The summed E-state index contributed by atoms with van der Waals surface area (Å²) in [6.45, 7) is 9.53. The van der Waals surface area contributed by atoms with Crippen molar-refractivity contribution in [2.75, 3.05) is 0 Å². The number of nitrogens with one attached hydrogen (secondary N) is 2. The van der Waals surface area contributed by atoms with E-state index in [1.54, 1.807) is 35.3 Å². The Balaban J connectivity index is 0.000000415. The molecule has 2 aromatic heterocycles. The Morgan fingerprint density at radius 1 is 1.27 bits per heavy atom. The summed E-state index contributed by atoms with van der Waals surface area (Å²) < 4.78 is 15.5. The van der Waals surface area contributed by atoms with Crippen LogP contribution in [0.25, 0.3) is 11.0 Å². The number of benzene rings is 1. The first-order valence-corrected chi connectivity index (χ1v) is 10.6. The molecule has 0 spiro atoms. The molecular formula is C25H33FN6O. The Morgan fingerprint density at radius 3 is 2.52 bits per heavy atom. The maximum atomic E-state index is 13.8. The number of rotatable bonds is 7. The molecule has 7 nitrogen and oxygen atoms in total. The lowest BCUT2D eigenvalue weighted by molar-refractivity contribution is -0.119. The molecule has 3 rings (SSSR count). The molecule has 8 heteroatoms. The number of allylic oxidation sites excluding steroid dienone is 2. The predicted molar refractivity (Wildman–Crippen MR) is 132 cm³/mol. The van der Waals surface area contributed by atoms with Gasteiger partial charge in [0, 0.05) is 24.1 Å². The van der Waals surface area contributed by atoms with Gasteiger partial charge in [-0.05, 0) is 50.4 Å². The van der Waals surface area contributed by atoms with Crippen LogP contribution in [0.5, 0.6) is 0 Å². The Kier molecular flexibility index (Phi) is 12.4. The molecule has 0 unspecified atom stereocenters. The Hall–Kier alpha value is -3.81. The first-order valence-electron chi connectivity index (χ1n) is 10.6. The molecule has 4 N–H and O–H groups in total. The maximum absolute atomic E-state index is 13.8. The van der Waals surface area contributed by atoms with Crippen molar-refractivity contribution >= 4 is 23.2 Å². The van der Waals surface area contributed by atoms with Crippen molar-refractivity contribution in [3.63, 3.8) is 0 Å². The van der Waals surface area contributed by atoms with Gasteiger partial charge in [-0.3, -0.25) is 4.79 Å². The van der Waals surface area contributed by atoms with Gasteiger partial charge in [-0.1, -0.05) is 36.8 Å². The number of amides is 1. The van der Waals surface area contributed by atoms with Crippen molar-refractivity contribution in [2.24, 2.45) is 5.73 Å². The van der Waals surface area contributed by atoms with Crippen molar-refractivity contribution in [1.82, 2.24) is 20.1 Å². The fourth-order valence-corrected chi connectivity index (χ4v) is 2.61. The summed E-state index contributed by atoms with van der Waals surface area (Å²) in [6.07, 6.45) is 8.24. The minimum absolute atomic E-state index is 0.124. The molecule has 0 bridgehead atoms. The number of fused-ring (bicyclic) bond motifs is 1. The van der Waals surface area contributed by atoms with E-state index in [-0.39, 0.29) is 11.7 Å². The van der Waals surface area contributed by atoms with Crippen molar-refractivity contribution < 1.29 is 9.18 Å². The maximum Gasteiger partial charge on any atom is 0.217 e. The number of carbonyl (C=O) groups excluding carboxylic acids is 1. The third-order valence-corrected chi connectivity index (χ3v) is 4.32. The molecule has 1 aromatic carbocycles. The predicted octanol–water partition coefficient (Wildman–Crippen LogP) is 4.73. The third kappa shape index (κ3) is 9.47. The smallest absolute Gasteiger partial charge is 0.217 e. The lowest BCUT2D eigenvalue weighted by atomic mass is 10.2. The summed E-state index contributed by atoms with van der Waals surface area (Å²) in [5, 5.41) is 14.4. The Morgan fingerprint density at radius 2 is 1.97 bits per heavy atom. The van der Waals surface area contributed by atoms with Gasteiger partial charge in [-0.2, -0.15) is 5.10 Å². The van der Waals surface area contributed by atoms with Crippen LogP contribution in [0.3, 0.4) is 0 Å². The van der Waals surface area contributed by atoms with Crippen molar-refractivity contribution in [3.05, 3.63) is 84.1 Å². The molecule has 176 valence electrons. The van der Waals surface area contributed by atoms with Crippen LogP contribution in [0.4, 0.5) is 4.39 Å². The van der Waals surface area contributed by atoms with Crippen LogP contribution in [0, 0.1) is 11.2 Å². The molecule has 3 aromatic rings. The summed E-state index contributed by atoms with van der Waals surface area (Å²) in [5.74, 6) is -0.397. The zero-order chi connectivity index (χ0) is 24.6. The molecule has 33 heavy (non-hydrogen) atoms. The van der Waals surface area contributed by atoms with E-state index in [4.69, 9.17) is 11.1 Å². The van der Waals surface area contributed by atoms with Crippen LogP contribution in [-0.2, 0) is 17.9 Å². The van der Waals surface area contributed by atoms with Crippen LogP contribution in [0.1, 0.15) is 44.9 Å². The highest BCUT2D eigenvalue weighted by Gasteiger charge is 2.13. The molecule has 0 atom stereocenters. The van der Waals surface area contributed by atoms with E-state index in [1.165, 1.54) is 19.2 Å². The third-order valence-electron chi connectivity index (χ3n) is 4.32. The van der Waals surface area contributed by atoms with Gasteiger partial charge in [0.1, 0.15) is 5.82 Å². The zero-order valence-corrected chi connectivity index (χ0v) is 19.5. The number of nitrogens with zero attached hydrogens (tertiary/aromatic N) is 3. The highest BCUT2D eigenvalue weighted by atomic mass is 19.1. The van der Waals surface area contributed by atoms with E-state index >= 15 is 0 Å². The quantitative estimate of drug-likeness (QED) is 0.356. The van der Waals surface area contributed by atoms with Gasteiger partial charge in [0.2, 0.25) is 5.91 Å². The SMILES string of the molecule is C=CC/C(C)=C/N.CC(=O)NCc1nn(Cc2ccccc2F)c2ncccc12.CCC=N. The van der Waals surface area contributed by atoms with Crippen molar-refractivity contribution in [3.8, 4) is 0 Å². The van der Waals surface area contributed by atoms with Gasteiger partial charge in [0.05, 0.1) is 18.8 Å². The van der Waals surface area contributed by atoms with E-state index in [1.807, 2.05) is 32.1 Å². The van der Waals surface area contributed by atoms with Gasteiger partial charge in [-0.15, -0.1) is 6.58 Å². The number of halogens is 1. The first-order chi connectivity index (χ1) is 15.9. The summed E-state index contributed by atoms with van der Waals surface area (Å²) >= 11 is 0. The normalized spacial score (nSPS) is 10.4. The van der Waals surface area contributed by atoms with Crippen molar-refractivity contribution in [2.45, 2.75) is 46.7 Å². The second kappa shape index (κ2) is 15.1. The van der Waals surface area contributed by atoms with Gasteiger partial charge < -0.3 is 16.5 Å². The monoisotopic (exact) mass is 452 g/mol. The van der Waals surface area contributed by atoms with E-state index < -0.39 is 0 Å². The highest BCUT2D eigenvalue weighted by molar-refractivity contribution is 5.79. The van der Waals surface area contributed by atoms with Gasteiger partial charge >= 0.3 is 0 Å². The summed E-state index contributed by atoms with van der Waals surface area (Å²) in [6, 6.07) is 10.3. The van der Waals surface area contributed by atoms with E-state index in [0.717, 1.165) is 29.5 Å². The molecular weight excluding hydrogens is 419 g/mol. The summed E-state index contributed by atoms with van der Waals surface area (Å²) in [7, 11) is 0. The number of nitrogens with two attached hydrogens (primary N) is 1. The zero-order valence-electron chi connectivity index (χ0n) is 19.5. The molecule has 0 fully saturated rings. The molecule has 2 heterocycles. The van der Waals surface area contributed by atoms with Crippen LogP contribution >= 0.6 is 0 Å². The minimum atomic E-state index is -0.273. The average molecular weight is 453 g/mol. The number of pyridine rings is 1. The molecule has 0 aliphatic carbocycles. The lowest BCUT2D eigenvalue weighted by Gasteiger charge is -2.04. The molecule has 0 saturated heterocycles. The number of hydrogen-bond donors (Lipinski definition) is 3. The molecule has 0 saturated carbocycles. The average Bonchev–Trinajstić information content (AvgIpc) is 3.17. The van der Waals surface area contributed by atoms with E-state index in [2.05, 4.69) is 22.0 Å². The first kappa shape index (κ1) is 27.2. The second-order valence-corrected chi connectivity index (χ2v) is 7.10. The highest BCUT2D eigenvalue weighted by Crippen LogP contribution is 2.18. The standard InChI is InChI=1S/C16H15FN4O.C6H11N.C3H7N/c1-11(22)19-9-15-13-6-4-8-18-16(13)21(20-15)10-12-5-2-3-7-14(12)17;1-3-4-6(2)5-7;1-2-3-4/h2-8H,9-10H2,1H3,(H,19,22);3,5H,1,4,7H2,2H3;3-4H,2H2,1H3/b;6-5+;. The summed E-state index contributed by atoms with van der Waals surface area (Å²) in [5.41, 5.74) is 8.24. The van der Waals surface area contributed by atoms with Gasteiger partial charge in [0.25, 0.3) is 0 Å². The molecule has 0 aliphatic heterocycles. The lowest BCUT2D eigenvalue weighted by Crippen LogP contribution is -2.19.